The van der Waals surface area contributed by atoms with Crippen LogP contribution in [0.1, 0.15) is 168 Å². The number of esters is 2. The highest BCUT2D eigenvalue weighted by molar-refractivity contribution is 7.47. The van der Waals surface area contributed by atoms with Crippen molar-refractivity contribution in [1.82, 2.24) is 0 Å². The highest BCUT2D eigenvalue weighted by Crippen LogP contribution is 2.43. The van der Waals surface area contributed by atoms with Crippen LogP contribution in [0.25, 0.3) is 0 Å². The van der Waals surface area contributed by atoms with Gasteiger partial charge in [0.05, 0.1) is 19.8 Å². The van der Waals surface area contributed by atoms with E-state index in [9.17, 15) is 24.2 Å². The maximum atomic E-state index is 12.6. The zero-order chi connectivity index (χ0) is 39.1. The van der Waals surface area contributed by atoms with Crippen LogP contribution >= 0.6 is 7.82 Å². The Morgan fingerprint density at radius 2 is 0.981 bits per heavy atom. The Balaban J connectivity index is 4.43. The summed E-state index contributed by atoms with van der Waals surface area (Å²) in [6.45, 7) is 2.27. The minimum Gasteiger partial charge on any atom is -0.462 e. The summed E-state index contributed by atoms with van der Waals surface area (Å²) in [5.41, 5.74) is 0. The molecular weight excluding hydrogens is 695 g/mol. The minimum absolute atomic E-state index is 0.145. The third kappa shape index (κ3) is 38.0. The lowest BCUT2D eigenvalue weighted by atomic mass is 10.1. The summed E-state index contributed by atoms with van der Waals surface area (Å²) in [6.07, 6.45) is 39.4. The normalized spacial score (nSPS) is 14.4. The average Bonchev–Trinajstić information content (AvgIpc) is 3.14. The highest BCUT2D eigenvalue weighted by Gasteiger charge is 2.27. The lowest BCUT2D eigenvalue weighted by Crippen LogP contribution is -2.29. The molecule has 0 saturated carbocycles. The van der Waals surface area contributed by atoms with Crippen LogP contribution in [0.4, 0.5) is 0 Å². The van der Waals surface area contributed by atoms with Gasteiger partial charge in [0.15, 0.2) is 6.10 Å². The number of aliphatic hydroxyl groups is 2. The van der Waals surface area contributed by atoms with Crippen LogP contribution in [0.5, 0.6) is 0 Å². The minimum atomic E-state index is -4.63. The van der Waals surface area contributed by atoms with E-state index in [1.807, 2.05) is 0 Å². The van der Waals surface area contributed by atoms with Gasteiger partial charge < -0.3 is 24.6 Å². The summed E-state index contributed by atoms with van der Waals surface area (Å²) in [7, 11) is -4.63. The van der Waals surface area contributed by atoms with E-state index in [1.165, 1.54) is 77.0 Å². The fraction of sp³-hybridized carbons (Fsp3) is 0.762. The predicted molar refractivity (Wildman–Crippen MR) is 214 cm³/mol. The number of aliphatic hydroxyl groups excluding tert-OH is 2. The monoisotopic (exact) mass is 771 g/mol. The molecule has 308 valence electrons. The third-order valence-corrected chi connectivity index (χ3v) is 9.41. The quantitative estimate of drug-likeness (QED) is 0.0240. The molecule has 0 radical (unpaired) electrons. The molecule has 3 N–H and O–H groups in total. The number of rotatable bonds is 38. The van der Waals surface area contributed by atoms with Crippen LogP contribution in [0.15, 0.2) is 48.6 Å². The number of phosphoric acid groups is 1. The topological polar surface area (TPSA) is 149 Å². The molecule has 0 aromatic rings. The van der Waals surface area contributed by atoms with Crippen LogP contribution < -0.4 is 0 Å². The zero-order valence-electron chi connectivity index (χ0n) is 33.2. The zero-order valence-corrected chi connectivity index (χ0v) is 34.1. The van der Waals surface area contributed by atoms with E-state index in [2.05, 4.69) is 67.0 Å². The molecule has 0 amide bonds. The van der Waals surface area contributed by atoms with Gasteiger partial charge in [-0.05, 0) is 77.0 Å². The van der Waals surface area contributed by atoms with Gasteiger partial charge in [0.25, 0.3) is 0 Å². The lowest BCUT2D eigenvalue weighted by molar-refractivity contribution is -0.161. The van der Waals surface area contributed by atoms with Gasteiger partial charge in [-0.15, -0.1) is 0 Å². The molecule has 10 nitrogen and oxygen atoms in total. The van der Waals surface area contributed by atoms with E-state index in [-0.39, 0.29) is 19.4 Å². The van der Waals surface area contributed by atoms with Gasteiger partial charge in [-0.3, -0.25) is 18.6 Å². The number of hydrogen-bond acceptors (Lipinski definition) is 9. The second kappa shape index (κ2) is 38.2. The molecule has 0 aliphatic rings. The Labute approximate surface area is 322 Å². The van der Waals surface area contributed by atoms with E-state index in [4.69, 9.17) is 19.1 Å². The first-order valence-electron chi connectivity index (χ1n) is 20.6. The molecule has 11 heteroatoms. The maximum absolute atomic E-state index is 12.6. The van der Waals surface area contributed by atoms with Gasteiger partial charge in [-0.2, -0.15) is 0 Å². The summed E-state index contributed by atoms with van der Waals surface area (Å²) in [6, 6.07) is 0. The molecule has 0 saturated heterocycles. The van der Waals surface area contributed by atoms with Gasteiger partial charge >= 0.3 is 19.8 Å². The van der Waals surface area contributed by atoms with Crippen LogP contribution in [0.3, 0.4) is 0 Å². The summed E-state index contributed by atoms with van der Waals surface area (Å²) in [5, 5.41) is 18.3. The number of carbonyl (C=O) groups is 2. The van der Waals surface area contributed by atoms with Crippen molar-refractivity contribution < 1.29 is 47.8 Å². The highest BCUT2D eigenvalue weighted by atomic mass is 31.2. The van der Waals surface area contributed by atoms with Crippen molar-refractivity contribution in [1.29, 1.82) is 0 Å². The third-order valence-electron chi connectivity index (χ3n) is 8.46. The molecule has 0 aromatic heterocycles. The van der Waals surface area contributed by atoms with Gasteiger partial charge in [0.1, 0.15) is 12.7 Å². The van der Waals surface area contributed by atoms with Crippen molar-refractivity contribution in [2.24, 2.45) is 0 Å². The molecular formula is C42H75O10P. The van der Waals surface area contributed by atoms with Crippen molar-refractivity contribution in [2.75, 3.05) is 26.4 Å². The Morgan fingerprint density at radius 1 is 0.566 bits per heavy atom. The van der Waals surface area contributed by atoms with E-state index < -0.39 is 51.8 Å². The summed E-state index contributed by atoms with van der Waals surface area (Å²) >= 11 is 0. The van der Waals surface area contributed by atoms with Crippen LogP contribution in [0, 0.1) is 0 Å². The Bertz CT molecular complexity index is 1030. The number of allylic oxidation sites excluding steroid dienone is 8. The van der Waals surface area contributed by atoms with E-state index in [0.717, 1.165) is 51.4 Å². The first kappa shape index (κ1) is 50.9. The van der Waals surface area contributed by atoms with Crippen LogP contribution in [0.2, 0.25) is 0 Å². The second-order valence-electron chi connectivity index (χ2n) is 13.7. The first-order valence-corrected chi connectivity index (χ1v) is 22.1. The molecule has 0 heterocycles. The standard InChI is InChI=1S/C42H75O10P/c1-3-5-7-9-11-13-15-17-19-21-23-25-27-29-31-33-41(45)49-37-40(38-51-53(47,48)50-36-39(44)35-43)52-42(46)34-32-30-28-26-24-22-20-18-16-14-12-10-8-6-4-2/h11,13,17,19,23-26,39-40,43-44H,3-10,12,14-16,18,20-22,27-38H2,1-2H3,(H,47,48)/b13-11+,19-17+,25-23+,26-24+/t39-,40+/m0/s1. The number of ether oxygens (including phenoxy) is 2. The lowest BCUT2D eigenvalue weighted by Gasteiger charge is -2.20. The van der Waals surface area contributed by atoms with Crippen molar-refractivity contribution in [2.45, 2.75) is 180 Å². The Hall–Kier alpha value is -2.07. The summed E-state index contributed by atoms with van der Waals surface area (Å²) in [5.74, 6) is -0.998. The molecule has 0 spiro atoms. The second-order valence-corrected chi connectivity index (χ2v) is 15.1. The first-order chi connectivity index (χ1) is 25.7. The fourth-order valence-corrected chi connectivity index (χ4v) is 6.02. The Kier molecular flexibility index (Phi) is 36.7. The molecule has 1 unspecified atom stereocenters. The van der Waals surface area contributed by atoms with Crippen LogP contribution in [-0.2, 0) is 32.7 Å². The molecule has 0 fully saturated rings. The predicted octanol–water partition coefficient (Wildman–Crippen LogP) is 10.6. The van der Waals surface area contributed by atoms with Gasteiger partial charge in [-0.25, -0.2) is 4.57 Å². The number of unbranched alkanes of at least 4 members (excludes halogenated alkanes) is 16. The van der Waals surface area contributed by atoms with Crippen LogP contribution in [-0.4, -0.2) is 65.7 Å². The number of hydrogen-bond donors (Lipinski definition) is 3. The van der Waals surface area contributed by atoms with Crippen molar-refractivity contribution >= 4 is 19.8 Å². The van der Waals surface area contributed by atoms with Crippen molar-refractivity contribution in [3.63, 3.8) is 0 Å². The molecule has 0 aromatic carbocycles. The van der Waals surface area contributed by atoms with Gasteiger partial charge in [-0.1, -0.05) is 127 Å². The molecule has 0 aliphatic carbocycles. The van der Waals surface area contributed by atoms with E-state index >= 15 is 0 Å². The SMILES string of the molecule is CCCCC/C=C/C/C=C/C/C=C/CCCCC(=O)OC[C@H](COP(=O)(O)OC[C@@H](O)CO)OC(=O)CCCC/C=C/CCCCCCCCCCC. The Morgan fingerprint density at radius 3 is 1.53 bits per heavy atom. The molecule has 0 bridgehead atoms. The number of phosphoric ester groups is 1. The van der Waals surface area contributed by atoms with Crippen molar-refractivity contribution in [3.05, 3.63) is 48.6 Å². The van der Waals surface area contributed by atoms with E-state index in [1.54, 1.807) is 0 Å². The average molecular weight is 771 g/mol. The van der Waals surface area contributed by atoms with Crippen molar-refractivity contribution in [3.8, 4) is 0 Å². The van der Waals surface area contributed by atoms with Gasteiger partial charge in [0.2, 0.25) is 0 Å². The maximum Gasteiger partial charge on any atom is 0.472 e. The summed E-state index contributed by atoms with van der Waals surface area (Å²) < 4.78 is 32.6. The summed E-state index contributed by atoms with van der Waals surface area (Å²) in [4.78, 5) is 34.9. The molecule has 0 rings (SSSR count). The van der Waals surface area contributed by atoms with Gasteiger partial charge in [0, 0.05) is 12.8 Å². The smallest absolute Gasteiger partial charge is 0.462 e. The fourth-order valence-electron chi connectivity index (χ4n) is 5.23. The molecule has 53 heavy (non-hydrogen) atoms. The number of carbonyl (C=O) groups excluding carboxylic acids is 2. The van der Waals surface area contributed by atoms with E-state index in [0.29, 0.717) is 12.8 Å². The molecule has 0 aliphatic heterocycles. The largest absolute Gasteiger partial charge is 0.472 e. The molecule has 3 atom stereocenters.